The molecule has 3 aromatic rings. The molecule has 2 heterocycles. The summed E-state index contributed by atoms with van der Waals surface area (Å²) in [6.07, 6.45) is 0.673. The van der Waals surface area contributed by atoms with E-state index in [1.165, 1.54) is 11.8 Å². The van der Waals surface area contributed by atoms with E-state index in [0.717, 1.165) is 11.4 Å². The van der Waals surface area contributed by atoms with E-state index in [0.29, 0.717) is 33.9 Å². The maximum Gasteiger partial charge on any atom is 0.199 e. The van der Waals surface area contributed by atoms with Gasteiger partial charge >= 0.3 is 0 Å². The molecule has 0 aliphatic rings. The molecule has 22 heavy (non-hydrogen) atoms. The smallest absolute Gasteiger partial charge is 0.199 e. The van der Waals surface area contributed by atoms with E-state index in [9.17, 15) is 4.79 Å². The minimum Gasteiger partial charge on any atom is -0.447 e. The molecule has 0 radical (unpaired) electrons. The summed E-state index contributed by atoms with van der Waals surface area (Å²) in [5.41, 5.74) is 0.904. The third-order valence-corrected chi connectivity index (χ3v) is 4.17. The molecular weight excluding hydrogens is 322 g/mol. The van der Waals surface area contributed by atoms with Crippen LogP contribution in [0.5, 0.6) is 0 Å². The van der Waals surface area contributed by atoms with Crippen LogP contribution in [0.15, 0.2) is 51.1 Å². The van der Waals surface area contributed by atoms with E-state index in [1.807, 2.05) is 35.8 Å². The van der Waals surface area contributed by atoms with E-state index in [-0.39, 0.29) is 0 Å². The second-order valence-corrected chi connectivity index (χ2v) is 5.85. The van der Waals surface area contributed by atoms with Crippen molar-refractivity contribution in [2.75, 3.05) is 0 Å². The summed E-state index contributed by atoms with van der Waals surface area (Å²) in [4.78, 5) is 10.7. The van der Waals surface area contributed by atoms with Crippen molar-refractivity contribution in [3.63, 3.8) is 0 Å². The Labute approximate surface area is 136 Å². The van der Waals surface area contributed by atoms with Crippen LogP contribution in [0.4, 0.5) is 0 Å². The Hall–Kier alpha value is -2.05. The number of carbonyl (C=O) groups is 1. The Morgan fingerprint density at radius 1 is 1.32 bits per heavy atom. The Morgan fingerprint density at radius 3 is 2.86 bits per heavy atom. The minimum absolute atomic E-state index is 0.292. The van der Waals surface area contributed by atoms with Crippen LogP contribution in [0.25, 0.3) is 11.4 Å². The van der Waals surface area contributed by atoms with E-state index >= 15 is 0 Å². The van der Waals surface area contributed by atoms with Crippen molar-refractivity contribution in [3.05, 3.63) is 47.2 Å². The standard InChI is InChI=1S/C15H12ClN3O2S/c1-2-19-14(10-4-3-5-11(16)8-10)17-18-15(19)22-13-7-6-12(9-20)21-13/h3-9H,2H2,1H3. The Bertz CT molecular complexity index is 813. The van der Waals surface area contributed by atoms with Crippen molar-refractivity contribution in [3.8, 4) is 11.4 Å². The molecule has 0 amide bonds. The van der Waals surface area contributed by atoms with Gasteiger partial charge in [-0.3, -0.25) is 4.79 Å². The van der Waals surface area contributed by atoms with E-state index in [4.69, 9.17) is 16.0 Å². The van der Waals surface area contributed by atoms with Crippen molar-refractivity contribution in [2.45, 2.75) is 23.7 Å². The van der Waals surface area contributed by atoms with Gasteiger partial charge in [0.1, 0.15) is 0 Å². The number of carbonyl (C=O) groups excluding carboxylic acids is 1. The van der Waals surface area contributed by atoms with Crippen LogP contribution in [-0.4, -0.2) is 21.1 Å². The number of furan rings is 1. The molecule has 0 unspecified atom stereocenters. The highest BCUT2D eigenvalue weighted by Gasteiger charge is 2.15. The molecule has 0 spiro atoms. The quantitative estimate of drug-likeness (QED) is 0.656. The molecule has 2 aromatic heterocycles. The van der Waals surface area contributed by atoms with Crippen molar-refractivity contribution in [1.29, 1.82) is 0 Å². The third-order valence-electron chi connectivity index (χ3n) is 3.03. The summed E-state index contributed by atoms with van der Waals surface area (Å²) in [6.45, 7) is 2.72. The fourth-order valence-electron chi connectivity index (χ4n) is 2.03. The number of rotatable bonds is 5. The number of nitrogens with zero attached hydrogens (tertiary/aromatic N) is 3. The van der Waals surface area contributed by atoms with Crippen LogP contribution in [-0.2, 0) is 6.54 Å². The summed E-state index contributed by atoms with van der Waals surface area (Å²) in [7, 11) is 0. The average molecular weight is 334 g/mol. The second kappa shape index (κ2) is 6.37. The van der Waals surface area contributed by atoms with Crippen LogP contribution in [0.1, 0.15) is 17.5 Å². The predicted octanol–water partition coefficient (Wildman–Crippen LogP) is 4.18. The molecule has 0 fully saturated rings. The minimum atomic E-state index is 0.292. The fourth-order valence-corrected chi connectivity index (χ4v) is 3.08. The molecule has 0 saturated heterocycles. The first-order valence-electron chi connectivity index (χ1n) is 6.63. The maximum absolute atomic E-state index is 10.7. The van der Waals surface area contributed by atoms with Gasteiger partial charge in [-0.05, 0) is 43.0 Å². The Balaban J connectivity index is 1.95. The Morgan fingerprint density at radius 2 is 2.18 bits per heavy atom. The number of aldehydes is 1. The van der Waals surface area contributed by atoms with Gasteiger partial charge in [-0.2, -0.15) is 0 Å². The van der Waals surface area contributed by atoms with Gasteiger partial charge in [-0.15, -0.1) is 10.2 Å². The molecule has 0 bridgehead atoms. The molecule has 0 saturated carbocycles. The van der Waals surface area contributed by atoms with Gasteiger partial charge in [0.05, 0.1) is 0 Å². The number of aromatic nitrogens is 3. The number of hydrogen-bond donors (Lipinski definition) is 0. The number of hydrogen-bond acceptors (Lipinski definition) is 5. The van der Waals surface area contributed by atoms with Gasteiger partial charge in [0.2, 0.25) is 0 Å². The van der Waals surface area contributed by atoms with Gasteiger partial charge < -0.3 is 8.98 Å². The fraction of sp³-hybridized carbons (Fsp3) is 0.133. The van der Waals surface area contributed by atoms with Crippen LogP contribution in [0, 0.1) is 0 Å². The van der Waals surface area contributed by atoms with Crippen LogP contribution in [0.2, 0.25) is 5.02 Å². The van der Waals surface area contributed by atoms with Crippen LogP contribution >= 0.6 is 23.4 Å². The van der Waals surface area contributed by atoms with Crippen LogP contribution < -0.4 is 0 Å². The van der Waals surface area contributed by atoms with Crippen molar-refractivity contribution in [2.24, 2.45) is 0 Å². The first-order chi connectivity index (χ1) is 10.7. The third kappa shape index (κ3) is 2.93. The zero-order valence-electron chi connectivity index (χ0n) is 11.7. The lowest BCUT2D eigenvalue weighted by Gasteiger charge is -2.06. The van der Waals surface area contributed by atoms with E-state index in [2.05, 4.69) is 10.2 Å². The van der Waals surface area contributed by atoms with E-state index < -0.39 is 0 Å². The predicted molar refractivity (Wildman–Crippen MR) is 84.4 cm³/mol. The molecule has 0 atom stereocenters. The Kier molecular flexibility index (Phi) is 4.31. The molecule has 0 aliphatic heterocycles. The lowest BCUT2D eigenvalue weighted by atomic mass is 10.2. The summed E-state index contributed by atoms with van der Waals surface area (Å²) < 4.78 is 7.33. The molecule has 1 aromatic carbocycles. The molecular formula is C15H12ClN3O2S. The topological polar surface area (TPSA) is 60.9 Å². The maximum atomic E-state index is 10.7. The van der Waals surface area contributed by atoms with Gasteiger partial charge in [0, 0.05) is 17.1 Å². The van der Waals surface area contributed by atoms with Gasteiger partial charge in [-0.25, -0.2) is 0 Å². The first-order valence-corrected chi connectivity index (χ1v) is 7.82. The van der Waals surface area contributed by atoms with Crippen molar-refractivity contribution in [1.82, 2.24) is 14.8 Å². The van der Waals surface area contributed by atoms with E-state index in [1.54, 1.807) is 12.1 Å². The highest BCUT2D eigenvalue weighted by molar-refractivity contribution is 7.99. The van der Waals surface area contributed by atoms with Gasteiger partial charge in [-0.1, -0.05) is 23.7 Å². The summed E-state index contributed by atoms with van der Waals surface area (Å²) in [5, 5.41) is 10.4. The average Bonchev–Trinajstić information content (AvgIpc) is 3.14. The lowest BCUT2D eigenvalue weighted by Crippen LogP contribution is -1.99. The summed E-state index contributed by atoms with van der Waals surface area (Å²) in [5.74, 6) is 1.04. The molecule has 112 valence electrons. The SMILES string of the molecule is CCn1c(Sc2ccc(C=O)o2)nnc1-c1cccc(Cl)c1. The largest absolute Gasteiger partial charge is 0.447 e. The van der Waals surface area contributed by atoms with Gasteiger partial charge in [0.15, 0.2) is 28.1 Å². The summed E-state index contributed by atoms with van der Waals surface area (Å²) >= 11 is 7.36. The zero-order chi connectivity index (χ0) is 15.5. The van der Waals surface area contributed by atoms with Crippen molar-refractivity contribution >= 4 is 29.6 Å². The molecule has 3 rings (SSSR count). The van der Waals surface area contributed by atoms with Gasteiger partial charge in [0.25, 0.3) is 0 Å². The second-order valence-electron chi connectivity index (χ2n) is 4.44. The number of benzene rings is 1. The summed E-state index contributed by atoms with van der Waals surface area (Å²) in [6, 6.07) is 10.8. The highest BCUT2D eigenvalue weighted by atomic mass is 35.5. The normalized spacial score (nSPS) is 10.8. The highest BCUT2D eigenvalue weighted by Crippen LogP contribution is 2.31. The number of halogens is 1. The lowest BCUT2D eigenvalue weighted by molar-refractivity contribution is 0.109. The first kappa shape index (κ1) is 14.9. The molecule has 0 aliphatic carbocycles. The zero-order valence-corrected chi connectivity index (χ0v) is 13.3. The van der Waals surface area contributed by atoms with Crippen molar-refractivity contribution < 1.29 is 9.21 Å². The molecule has 5 nitrogen and oxygen atoms in total. The monoisotopic (exact) mass is 333 g/mol. The van der Waals surface area contributed by atoms with Crippen LogP contribution in [0.3, 0.4) is 0 Å². The molecule has 7 heteroatoms. The molecule has 0 N–H and O–H groups in total.